The SMILES string of the molecule is CCOC(=O)c1ccccc1NC(=O)Nc1cccc2cccnc12. The highest BCUT2D eigenvalue weighted by Gasteiger charge is 2.14. The predicted octanol–water partition coefficient (Wildman–Crippen LogP) is 4.06. The van der Waals surface area contributed by atoms with Crippen molar-refractivity contribution in [2.75, 3.05) is 17.2 Å². The topological polar surface area (TPSA) is 80.3 Å². The van der Waals surface area contributed by atoms with Gasteiger partial charge < -0.3 is 15.4 Å². The Morgan fingerprint density at radius 3 is 2.52 bits per heavy atom. The van der Waals surface area contributed by atoms with Crippen LogP contribution in [0.25, 0.3) is 10.9 Å². The number of ether oxygens (including phenoxy) is 1. The van der Waals surface area contributed by atoms with Crippen molar-refractivity contribution >= 4 is 34.3 Å². The lowest BCUT2D eigenvalue weighted by atomic mass is 10.2. The summed E-state index contributed by atoms with van der Waals surface area (Å²) in [5, 5.41) is 6.37. The number of hydrogen-bond donors (Lipinski definition) is 2. The van der Waals surface area contributed by atoms with Gasteiger partial charge in [-0.2, -0.15) is 0 Å². The Bertz CT molecular complexity index is 919. The van der Waals surface area contributed by atoms with Gasteiger partial charge in [-0.1, -0.05) is 30.3 Å². The molecule has 0 aliphatic carbocycles. The molecule has 1 aromatic heterocycles. The number of rotatable bonds is 4. The first kappa shape index (κ1) is 16.4. The van der Waals surface area contributed by atoms with Crippen LogP contribution in [0.15, 0.2) is 60.8 Å². The first-order valence-corrected chi connectivity index (χ1v) is 7.87. The van der Waals surface area contributed by atoms with Crippen LogP contribution in [0.3, 0.4) is 0 Å². The maximum atomic E-state index is 12.4. The molecule has 1 heterocycles. The van der Waals surface area contributed by atoms with E-state index in [2.05, 4.69) is 15.6 Å². The fraction of sp³-hybridized carbons (Fsp3) is 0.105. The minimum Gasteiger partial charge on any atom is -0.462 e. The molecule has 0 aliphatic heterocycles. The summed E-state index contributed by atoms with van der Waals surface area (Å²) < 4.78 is 5.01. The molecule has 126 valence electrons. The summed E-state index contributed by atoms with van der Waals surface area (Å²) in [6, 6.07) is 15.5. The third-order valence-corrected chi connectivity index (χ3v) is 3.55. The van der Waals surface area contributed by atoms with Gasteiger partial charge in [-0.05, 0) is 31.2 Å². The molecule has 0 unspecified atom stereocenters. The van der Waals surface area contributed by atoms with Crippen molar-refractivity contribution in [2.24, 2.45) is 0 Å². The molecule has 0 bridgehead atoms. The molecule has 6 nitrogen and oxygen atoms in total. The maximum absolute atomic E-state index is 12.4. The van der Waals surface area contributed by atoms with Gasteiger partial charge in [0.05, 0.1) is 29.1 Å². The molecule has 3 aromatic rings. The van der Waals surface area contributed by atoms with E-state index in [1.807, 2.05) is 24.3 Å². The molecule has 2 aromatic carbocycles. The monoisotopic (exact) mass is 335 g/mol. The van der Waals surface area contributed by atoms with Crippen molar-refractivity contribution < 1.29 is 14.3 Å². The van der Waals surface area contributed by atoms with Crippen molar-refractivity contribution in [1.82, 2.24) is 4.98 Å². The van der Waals surface area contributed by atoms with Gasteiger partial charge >= 0.3 is 12.0 Å². The molecule has 25 heavy (non-hydrogen) atoms. The van der Waals surface area contributed by atoms with E-state index < -0.39 is 12.0 Å². The number of urea groups is 1. The molecule has 0 atom stereocenters. The third kappa shape index (κ3) is 3.74. The number of nitrogens with zero attached hydrogens (tertiary/aromatic N) is 1. The molecule has 0 fully saturated rings. The van der Waals surface area contributed by atoms with Crippen molar-refractivity contribution in [3.63, 3.8) is 0 Å². The molecular formula is C19H17N3O3. The van der Waals surface area contributed by atoms with Crippen molar-refractivity contribution in [3.8, 4) is 0 Å². The zero-order valence-electron chi connectivity index (χ0n) is 13.7. The average Bonchev–Trinajstić information content (AvgIpc) is 2.62. The summed E-state index contributed by atoms with van der Waals surface area (Å²) in [5.74, 6) is -0.481. The van der Waals surface area contributed by atoms with Gasteiger partial charge in [-0.25, -0.2) is 9.59 Å². The van der Waals surface area contributed by atoms with E-state index in [9.17, 15) is 9.59 Å². The second-order valence-electron chi connectivity index (χ2n) is 5.23. The summed E-state index contributed by atoms with van der Waals surface area (Å²) in [6.45, 7) is 2.00. The number of hydrogen-bond acceptors (Lipinski definition) is 4. The van der Waals surface area contributed by atoms with Gasteiger partial charge in [-0.15, -0.1) is 0 Å². The van der Waals surface area contributed by atoms with Gasteiger partial charge in [0.25, 0.3) is 0 Å². The Labute approximate surface area is 144 Å². The van der Waals surface area contributed by atoms with E-state index in [0.717, 1.165) is 5.39 Å². The van der Waals surface area contributed by atoms with E-state index in [0.29, 0.717) is 22.5 Å². The molecule has 2 amide bonds. The number of carbonyl (C=O) groups excluding carboxylic acids is 2. The largest absolute Gasteiger partial charge is 0.462 e. The molecule has 6 heteroatoms. The zero-order valence-corrected chi connectivity index (χ0v) is 13.7. The summed E-state index contributed by atoms with van der Waals surface area (Å²) in [6.07, 6.45) is 1.67. The van der Waals surface area contributed by atoms with Gasteiger partial charge in [0.2, 0.25) is 0 Å². The standard InChI is InChI=1S/C19H17N3O3/c1-2-25-18(23)14-9-3-4-10-15(14)21-19(24)22-16-11-5-7-13-8-6-12-20-17(13)16/h3-12H,2H2,1H3,(H2,21,22,24). The lowest BCUT2D eigenvalue weighted by Crippen LogP contribution is -2.21. The number of amides is 2. The normalized spacial score (nSPS) is 10.3. The van der Waals surface area contributed by atoms with E-state index in [-0.39, 0.29) is 6.61 Å². The number of carbonyl (C=O) groups is 2. The molecule has 0 spiro atoms. The third-order valence-electron chi connectivity index (χ3n) is 3.55. The molecular weight excluding hydrogens is 318 g/mol. The predicted molar refractivity (Wildman–Crippen MR) is 96.8 cm³/mol. The molecule has 0 radical (unpaired) electrons. The highest BCUT2D eigenvalue weighted by Crippen LogP contribution is 2.21. The fourth-order valence-corrected chi connectivity index (χ4v) is 2.46. The Kier molecular flexibility index (Phi) is 4.89. The quantitative estimate of drug-likeness (QED) is 0.705. The van der Waals surface area contributed by atoms with Crippen LogP contribution in [0.5, 0.6) is 0 Å². The Balaban J connectivity index is 1.80. The van der Waals surface area contributed by atoms with Crippen LogP contribution in [0, 0.1) is 0 Å². The summed E-state index contributed by atoms with van der Waals surface area (Å²) in [7, 11) is 0. The first-order chi connectivity index (χ1) is 12.2. The summed E-state index contributed by atoms with van der Waals surface area (Å²) in [4.78, 5) is 28.6. The number of esters is 1. The van der Waals surface area contributed by atoms with Crippen LogP contribution in [0.2, 0.25) is 0 Å². The zero-order chi connectivity index (χ0) is 17.6. The molecule has 0 aliphatic rings. The van der Waals surface area contributed by atoms with Gasteiger partial charge in [0.15, 0.2) is 0 Å². The van der Waals surface area contributed by atoms with Crippen LogP contribution >= 0.6 is 0 Å². The summed E-state index contributed by atoms with van der Waals surface area (Å²) >= 11 is 0. The summed E-state index contributed by atoms with van der Waals surface area (Å²) in [5.41, 5.74) is 1.96. The first-order valence-electron chi connectivity index (χ1n) is 7.87. The Hall–Kier alpha value is -3.41. The van der Waals surface area contributed by atoms with Crippen molar-refractivity contribution in [3.05, 3.63) is 66.4 Å². The number of pyridine rings is 1. The number of aromatic nitrogens is 1. The number of fused-ring (bicyclic) bond motifs is 1. The molecule has 3 rings (SSSR count). The average molecular weight is 335 g/mol. The van der Waals surface area contributed by atoms with E-state index in [1.54, 1.807) is 43.5 Å². The van der Waals surface area contributed by atoms with Gasteiger partial charge in [0, 0.05) is 11.6 Å². The molecule has 0 saturated carbocycles. The van der Waals surface area contributed by atoms with Gasteiger partial charge in [0.1, 0.15) is 0 Å². The molecule has 2 N–H and O–H groups in total. The van der Waals surface area contributed by atoms with Crippen LogP contribution < -0.4 is 10.6 Å². The fourth-order valence-electron chi connectivity index (χ4n) is 2.46. The minimum atomic E-state index is -0.481. The lowest BCUT2D eigenvalue weighted by molar-refractivity contribution is 0.0527. The maximum Gasteiger partial charge on any atom is 0.340 e. The lowest BCUT2D eigenvalue weighted by Gasteiger charge is -2.12. The number of benzene rings is 2. The van der Waals surface area contributed by atoms with Gasteiger partial charge in [-0.3, -0.25) is 4.98 Å². The highest BCUT2D eigenvalue weighted by molar-refractivity contribution is 6.07. The molecule has 0 saturated heterocycles. The second kappa shape index (κ2) is 7.44. The van der Waals surface area contributed by atoms with Crippen LogP contribution in [-0.4, -0.2) is 23.6 Å². The Morgan fingerprint density at radius 1 is 0.960 bits per heavy atom. The Morgan fingerprint density at radius 2 is 1.68 bits per heavy atom. The van der Waals surface area contributed by atoms with E-state index in [1.165, 1.54) is 0 Å². The smallest absolute Gasteiger partial charge is 0.340 e. The van der Waals surface area contributed by atoms with Crippen molar-refractivity contribution in [2.45, 2.75) is 6.92 Å². The number of nitrogens with one attached hydrogen (secondary N) is 2. The number of anilines is 2. The van der Waals surface area contributed by atoms with Crippen LogP contribution in [0.1, 0.15) is 17.3 Å². The van der Waals surface area contributed by atoms with E-state index >= 15 is 0 Å². The number of para-hydroxylation sites is 2. The van der Waals surface area contributed by atoms with Crippen LogP contribution in [0.4, 0.5) is 16.2 Å². The van der Waals surface area contributed by atoms with Crippen LogP contribution in [-0.2, 0) is 4.74 Å². The highest BCUT2D eigenvalue weighted by atomic mass is 16.5. The van der Waals surface area contributed by atoms with E-state index in [4.69, 9.17) is 4.74 Å². The second-order valence-corrected chi connectivity index (χ2v) is 5.23. The van der Waals surface area contributed by atoms with Crippen molar-refractivity contribution in [1.29, 1.82) is 0 Å². The minimum absolute atomic E-state index is 0.265.